The number of methoxy groups -OCH3 is 1. The Morgan fingerprint density at radius 2 is 2.15 bits per heavy atom. The lowest BCUT2D eigenvalue weighted by molar-refractivity contribution is -0.385. The highest BCUT2D eigenvalue weighted by atomic mass is 79.9. The molecule has 1 amide bonds. The summed E-state index contributed by atoms with van der Waals surface area (Å²) in [6, 6.07) is 4.36. The molecular weight excluding hydrogens is 328 g/mol. The molecule has 0 aromatic heterocycles. The molecule has 6 nitrogen and oxygen atoms in total. The first kappa shape index (κ1) is 16.6. The van der Waals surface area contributed by atoms with Gasteiger partial charge >= 0.3 is 0 Å². The second kappa shape index (κ2) is 7.35. The molecule has 20 heavy (non-hydrogen) atoms. The van der Waals surface area contributed by atoms with E-state index in [1.54, 1.807) is 18.1 Å². The third kappa shape index (κ3) is 4.01. The van der Waals surface area contributed by atoms with Crippen molar-refractivity contribution in [2.24, 2.45) is 0 Å². The highest BCUT2D eigenvalue weighted by molar-refractivity contribution is 9.10. The maximum absolute atomic E-state index is 12.4. The van der Waals surface area contributed by atoms with Crippen LogP contribution in [-0.4, -0.2) is 42.0 Å². The Balaban J connectivity index is 3.05. The molecule has 0 saturated heterocycles. The number of benzene rings is 1. The van der Waals surface area contributed by atoms with E-state index in [0.717, 1.165) is 0 Å². The van der Waals surface area contributed by atoms with Crippen molar-refractivity contribution in [3.63, 3.8) is 0 Å². The van der Waals surface area contributed by atoms with E-state index in [4.69, 9.17) is 4.74 Å². The van der Waals surface area contributed by atoms with Crippen molar-refractivity contribution in [3.05, 3.63) is 38.3 Å². The number of amides is 1. The van der Waals surface area contributed by atoms with Crippen LogP contribution in [0.2, 0.25) is 0 Å². The molecule has 0 heterocycles. The molecule has 0 saturated carbocycles. The number of carbonyl (C=O) groups excluding carboxylic acids is 1. The van der Waals surface area contributed by atoms with Crippen molar-refractivity contribution in [3.8, 4) is 0 Å². The lowest BCUT2D eigenvalue weighted by Gasteiger charge is -2.26. The second-order valence-corrected chi connectivity index (χ2v) is 5.36. The topological polar surface area (TPSA) is 72.7 Å². The maximum atomic E-state index is 12.4. The summed E-state index contributed by atoms with van der Waals surface area (Å²) in [7, 11) is 1.56. The van der Waals surface area contributed by atoms with Crippen LogP contribution < -0.4 is 0 Å². The summed E-state index contributed by atoms with van der Waals surface area (Å²) in [4.78, 5) is 24.4. The van der Waals surface area contributed by atoms with E-state index in [1.807, 2.05) is 13.8 Å². The average molecular weight is 345 g/mol. The van der Waals surface area contributed by atoms with E-state index in [1.165, 1.54) is 12.1 Å². The predicted molar refractivity (Wildman–Crippen MR) is 78.8 cm³/mol. The van der Waals surface area contributed by atoms with Crippen LogP contribution in [0.4, 0.5) is 5.69 Å². The summed E-state index contributed by atoms with van der Waals surface area (Å²) in [5.74, 6) is -0.243. The molecule has 0 atom stereocenters. The summed E-state index contributed by atoms with van der Waals surface area (Å²) in [5.41, 5.74) is 0.177. The monoisotopic (exact) mass is 344 g/mol. The smallest absolute Gasteiger partial charge is 0.284 e. The Hall–Kier alpha value is -1.47. The van der Waals surface area contributed by atoms with Gasteiger partial charge in [-0.25, -0.2) is 0 Å². The molecule has 0 spiro atoms. The van der Waals surface area contributed by atoms with Gasteiger partial charge in [-0.15, -0.1) is 0 Å². The number of nitro groups is 1. The van der Waals surface area contributed by atoms with Gasteiger partial charge in [0.05, 0.1) is 16.0 Å². The average Bonchev–Trinajstić information content (AvgIpc) is 2.38. The van der Waals surface area contributed by atoms with Gasteiger partial charge in [0.25, 0.3) is 11.6 Å². The number of carbonyl (C=O) groups is 1. The fourth-order valence-corrected chi connectivity index (χ4v) is 2.13. The van der Waals surface area contributed by atoms with Crippen molar-refractivity contribution < 1.29 is 14.5 Å². The van der Waals surface area contributed by atoms with Gasteiger partial charge in [0, 0.05) is 31.3 Å². The van der Waals surface area contributed by atoms with Gasteiger partial charge < -0.3 is 9.64 Å². The first-order valence-corrected chi connectivity index (χ1v) is 6.91. The van der Waals surface area contributed by atoms with Gasteiger partial charge in [0.1, 0.15) is 0 Å². The van der Waals surface area contributed by atoms with Crippen molar-refractivity contribution >= 4 is 27.5 Å². The lowest BCUT2D eigenvalue weighted by Crippen LogP contribution is -2.39. The molecule has 110 valence electrons. The largest absolute Gasteiger partial charge is 0.383 e. The van der Waals surface area contributed by atoms with E-state index >= 15 is 0 Å². The van der Waals surface area contributed by atoms with Crippen LogP contribution in [-0.2, 0) is 4.74 Å². The third-order valence-electron chi connectivity index (χ3n) is 2.81. The van der Waals surface area contributed by atoms with E-state index in [9.17, 15) is 14.9 Å². The fourth-order valence-electron chi connectivity index (χ4n) is 1.74. The molecule has 0 aliphatic heterocycles. The number of rotatable bonds is 6. The summed E-state index contributed by atoms with van der Waals surface area (Å²) in [6.07, 6.45) is 0. The van der Waals surface area contributed by atoms with E-state index in [2.05, 4.69) is 15.9 Å². The Morgan fingerprint density at radius 1 is 1.50 bits per heavy atom. The number of halogens is 1. The number of nitro benzene ring substituents is 1. The molecular formula is C13H17BrN2O4. The summed E-state index contributed by atoms with van der Waals surface area (Å²) in [5, 5.41) is 10.9. The van der Waals surface area contributed by atoms with Crippen molar-refractivity contribution in [1.82, 2.24) is 4.90 Å². The Bertz CT molecular complexity index is 505. The van der Waals surface area contributed by atoms with Crippen molar-refractivity contribution in [1.29, 1.82) is 0 Å². The molecule has 1 rings (SSSR count). The molecule has 1 aromatic carbocycles. The number of nitrogens with zero attached hydrogens (tertiary/aromatic N) is 2. The minimum absolute atomic E-state index is 0.0136. The van der Waals surface area contributed by atoms with E-state index in [-0.39, 0.29) is 17.6 Å². The van der Waals surface area contributed by atoms with Crippen LogP contribution in [0, 0.1) is 10.1 Å². The minimum atomic E-state index is -0.518. The maximum Gasteiger partial charge on any atom is 0.284 e. The summed E-state index contributed by atoms with van der Waals surface area (Å²) in [6.45, 7) is 4.64. The SMILES string of the molecule is COCCN(C(=O)c1ccc(Br)c([N+](=O)[O-])c1)C(C)C. The van der Waals surface area contributed by atoms with Crippen molar-refractivity contribution in [2.75, 3.05) is 20.3 Å². The molecule has 0 aliphatic rings. The molecule has 0 fully saturated rings. The minimum Gasteiger partial charge on any atom is -0.383 e. The van der Waals surface area contributed by atoms with Crippen LogP contribution in [0.5, 0.6) is 0 Å². The zero-order valence-electron chi connectivity index (χ0n) is 11.6. The summed E-state index contributed by atoms with van der Waals surface area (Å²) >= 11 is 3.10. The van der Waals surface area contributed by atoms with Gasteiger partial charge in [-0.2, -0.15) is 0 Å². The lowest BCUT2D eigenvalue weighted by atomic mass is 10.1. The zero-order chi connectivity index (χ0) is 15.3. The van der Waals surface area contributed by atoms with E-state index in [0.29, 0.717) is 23.2 Å². The molecule has 1 aromatic rings. The Labute approximate surface area is 126 Å². The van der Waals surface area contributed by atoms with Crippen LogP contribution in [0.3, 0.4) is 0 Å². The Morgan fingerprint density at radius 3 is 2.65 bits per heavy atom. The molecule has 0 radical (unpaired) electrons. The highest BCUT2D eigenvalue weighted by Gasteiger charge is 2.21. The number of ether oxygens (including phenoxy) is 1. The first-order chi connectivity index (χ1) is 9.38. The molecule has 0 aliphatic carbocycles. The third-order valence-corrected chi connectivity index (χ3v) is 3.48. The van der Waals surface area contributed by atoms with Crippen LogP contribution >= 0.6 is 15.9 Å². The summed E-state index contributed by atoms with van der Waals surface area (Å²) < 4.78 is 5.33. The van der Waals surface area contributed by atoms with Gasteiger partial charge in [0.2, 0.25) is 0 Å². The van der Waals surface area contributed by atoms with Crippen molar-refractivity contribution in [2.45, 2.75) is 19.9 Å². The van der Waals surface area contributed by atoms with Gasteiger partial charge in [-0.05, 0) is 41.9 Å². The van der Waals surface area contributed by atoms with Gasteiger partial charge in [-0.3, -0.25) is 14.9 Å². The normalized spacial score (nSPS) is 10.7. The highest BCUT2D eigenvalue weighted by Crippen LogP contribution is 2.26. The van der Waals surface area contributed by atoms with Gasteiger partial charge in [-0.1, -0.05) is 0 Å². The quantitative estimate of drug-likeness (QED) is 0.587. The second-order valence-electron chi connectivity index (χ2n) is 4.51. The first-order valence-electron chi connectivity index (χ1n) is 6.12. The molecule has 0 bridgehead atoms. The standard InChI is InChI=1S/C13H17BrN2O4/c1-9(2)15(6-7-20-3)13(17)10-4-5-11(14)12(8-10)16(18)19/h4-5,8-9H,6-7H2,1-3H3. The van der Waals surface area contributed by atoms with Crippen LogP contribution in [0.25, 0.3) is 0 Å². The van der Waals surface area contributed by atoms with Gasteiger partial charge in [0.15, 0.2) is 0 Å². The molecule has 0 N–H and O–H groups in total. The fraction of sp³-hybridized carbons (Fsp3) is 0.462. The number of hydrogen-bond donors (Lipinski definition) is 0. The molecule has 7 heteroatoms. The molecule has 0 unspecified atom stereocenters. The predicted octanol–water partition coefficient (Wildman–Crippen LogP) is 2.85. The zero-order valence-corrected chi connectivity index (χ0v) is 13.2. The van der Waals surface area contributed by atoms with Crippen LogP contribution in [0.15, 0.2) is 22.7 Å². The van der Waals surface area contributed by atoms with E-state index < -0.39 is 4.92 Å². The Kier molecular flexibility index (Phi) is 6.09. The number of hydrogen-bond acceptors (Lipinski definition) is 4. The van der Waals surface area contributed by atoms with Crippen LogP contribution in [0.1, 0.15) is 24.2 Å².